The van der Waals surface area contributed by atoms with Gasteiger partial charge in [-0.2, -0.15) is 0 Å². The number of benzene rings is 1. The molecule has 9 nitrogen and oxygen atoms in total. The molecule has 0 bridgehead atoms. The van der Waals surface area contributed by atoms with Gasteiger partial charge in [0.25, 0.3) is 10.0 Å². The molecule has 29 heavy (non-hydrogen) atoms. The molecule has 0 saturated carbocycles. The van der Waals surface area contributed by atoms with E-state index in [-0.39, 0.29) is 52.7 Å². The number of anilines is 2. The van der Waals surface area contributed by atoms with E-state index in [9.17, 15) is 18.0 Å². The largest absolute Gasteiger partial charge is 0.462 e. The second-order valence-corrected chi connectivity index (χ2v) is 9.35. The van der Waals surface area contributed by atoms with Crippen molar-refractivity contribution >= 4 is 33.5 Å². The molecular weight excluding hydrogens is 398 g/mol. The minimum Gasteiger partial charge on any atom is -0.462 e. The molecule has 1 aromatic heterocycles. The second kappa shape index (κ2) is 7.86. The standard InChI is InChI=1S/C19H23N3O6S/c1-11(2)8-27-18(23)13-5-6-15-14(7-13)21-17-16(19(24)28-9-12(3)4)20-10-22(17)29(15,25)26/h5-7,10-12,21H,8-9H2,1-4H3. The number of hydrogen-bond acceptors (Lipinski definition) is 8. The molecule has 0 atom stereocenters. The van der Waals surface area contributed by atoms with Gasteiger partial charge in [0.2, 0.25) is 0 Å². The highest BCUT2D eigenvalue weighted by molar-refractivity contribution is 7.90. The van der Waals surface area contributed by atoms with Crippen molar-refractivity contribution in [1.29, 1.82) is 0 Å². The van der Waals surface area contributed by atoms with E-state index in [1.54, 1.807) is 0 Å². The molecule has 0 amide bonds. The van der Waals surface area contributed by atoms with Crippen LogP contribution in [-0.4, -0.2) is 42.5 Å². The lowest BCUT2D eigenvalue weighted by Crippen LogP contribution is -2.23. The number of carbonyl (C=O) groups excluding carboxylic acids is 2. The van der Waals surface area contributed by atoms with Gasteiger partial charge in [0.05, 0.1) is 24.5 Å². The van der Waals surface area contributed by atoms with Crippen molar-refractivity contribution in [3.05, 3.63) is 35.8 Å². The Labute approximate surface area is 169 Å². The first-order valence-electron chi connectivity index (χ1n) is 9.19. The summed E-state index contributed by atoms with van der Waals surface area (Å²) in [5, 5.41) is 2.89. The van der Waals surface area contributed by atoms with Crippen molar-refractivity contribution in [2.45, 2.75) is 32.6 Å². The van der Waals surface area contributed by atoms with E-state index in [1.807, 2.05) is 27.7 Å². The third-order valence-electron chi connectivity index (χ3n) is 4.03. The lowest BCUT2D eigenvalue weighted by molar-refractivity contribution is 0.0447. The van der Waals surface area contributed by atoms with E-state index >= 15 is 0 Å². The average Bonchev–Trinajstić information content (AvgIpc) is 3.08. The van der Waals surface area contributed by atoms with Crippen LogP contribution in [-0.2, 0) is 19.5 Å². The molecule has 0 unspecified atom stereocenters. The molecular formula is C19H23N3O6S. The molecule has 0 saturated heterocycles. The summed E-state index contributed by atoms with van der Waals surface area (Å²) in [6.07, 6.45) is 1.05. The molecule has 1 aliphatic rings. The van der Waals surface area contributed by atoms with E-state index in [0.29, 0.717) is 0 Å². The summed E-state index contributed by atoms with van der Waals surface area (Å²) in [5.74, 6) is -1.03. The smallest absolute Gasteiger partial charge is 0.360 e. The molecule has 0 radical (unpaired) electrons. The number of ether oxygens (including phenoxy) is 2. The van der Waals surface area contributed by atoms with Crippen molar-refractivity contribution in [2.24, 2.45) is 11.8 Å². The Hall–Kier alpha value is -2.88. The molecule has 0 fully saturated rings. The van der Waals surface area contributed by atoms with Crippen molar-refractivity contribution in [1.82, 2.24) is 8.96 Å². The molecule has 0 aliphatic carbocycles. The Kier molecular flexibility index (Phi) is 5.65. The zero-order chi connectivity index (χ0) is 21.3. The maximum Gasteiger partial charge on any atom is 0.360 e. The summed E-state index contributed by atoms with van der Waals surface area (Å²) in [5.41, 5.74) is 0.214. The lowest BCUT2D eigenvalue weighted by atomic mass is 10.2. The predicted octanol–water partition coefficient (Wildman–Crippen LogP) is 2.80. The first-order chi connectivity index (χ1) is 13.6. The van der Waals surface area contributed by atoms with Gasteiger partial charge < -0.3 is 14.8 Å². The summed E-state index contributed by atoms with van der Waals surface area (Å²) >= 11 is 0. The van der Waals surface area contributed by atoms with Crippen LogP contribution in [0.4, 0.5) is 11.5 Å². The Morgan fingerprint density at radius 1 is 1.07 bits per heavy atom. The highest BCUT2D eigenvalue weighted by Gasteiger charge is 2.34. The van der Waals surface area contributed by atoms with E-state index in [4.69, 9.17) is 9.47 Å². The number of esters is 2. The minimum atomic E-state index is -3.98. The molecule has 1 aliphatic heterocycles. The van der Waals surface area contributed by atoms with Crippen LogP contribution in [0.1, 0.15) is 48.5 Å². The quantitative estimate of drug-likeness (QED) is 0.604. The zero-order valence-electron chi connectivity index (χ0n) is 16.6. The third kappa shape index (κ3) is 4.12. The number of fused-ring (bicyclic) bond motifs is 2. The Bertz CT molecular complexity index is 1060. The van der Waals surface area contributed by atoms with Crippen molar-refractivity contribution in [3.63, 3.8) is 0 Å². The van der Waals surface area contributed by atoms with Crippen molar-refractivity contribution in [2.75, 3.05) is 18.5 Å². The van der Waals surface area contributed by atoms with E-state index in [2.05, 4.69) is 10.3 Å². The van der Waals surface area contributed by atoms with Crippen LogP contribution in [0.2, 0.25) is 0 Å². The first-order valence-corrected chi connectivity index (χ1v) is 10.6. The van der Waals surface area contributed by atoms with Crippen LogP contribution in [0.5, 0.6) is 0 Å². The summed E-state index contributed by atoms with van der Waals surface area (Å²) in [6.45, 7) is 8.02. The highest BCUT2D eigenvalue weighted by atomic mass is 32.2. The van der Waals surface area contributed by atoms with E-state index < -0.39 is 22.0 Å². The highest BCUT2D eigenvalue weighted by Crippen LogP contribution is 2.36. The molecule has 2 heterocycles. The van der Waals surface area contributed by atoms with Gasteiger partial charge in [0, 0.05) is 0 Å². The van der Waals surface area contributed by atoms with Gasteiger partial charge in [0.15, 0.2) is 11.5 Å². The molecule has 1 aromatic carbocycles. The Morgan fingerprint density at radius 3 is 2.31 bits per heavy atom. The number of rotatable bonds is 6. The van der Waals surface area contributed by atoms with E-state index in [1.165, 1.54) is 18.2 Å². The van der Waals surface area contributed by atoms with E-state index in [0.717, 1.165) is 10.3 Å². The third-order valence-corrected chi connectivity index (χ3v) is 5.74. The lowest BCUT2D eigenvalue weighted by Gasteiger charge is -2.21. The number of imidazole rings is 1. The fourth-order valence-corrected chi connectivity index (χ4v) is 4.01. The monoisotopic (exact) mass is 421 g/mol. The number of carbonyl (C=O) groups is 2. The fourth-order valence-electron chi connectivity index (χ4n) is 2.63. The zero-order valence-corrected chi connectivity index (χ0v) is 17.4. The van der Waals surface area contributed by atoms with Crippen LogP contribution in [0.15, 0.2) is 29.4 Å². The SMILES string of the molecule is CC(C)COC(=O)c1ccc2c(c1)Nc1c(C(=O)OCC(C)C)ncn1S2(=O)=O. The molecule has 156 valence electrons. The van der Waals surface area contributed by atoms with Crippen LogP contribution in [0.3, 0.4) is 0 Å². The Balaban J connectivity index is 1.94. The minimum absolute atomic E-state index is 0.0287. The number of hydrogen-bond donors (Lipinski definition) is 1. The number of aromatic nitrogens is 2. The topological polar surface area (TPSA) is 117 Å². The molecule has 3 rings (SSSR count). The summed E-state index contributed by atoms with van der Waals surface area (Å²) in [7, 11) is -3.98. The number of nitrogens with zero attached hydrogens (tertiary/aromatic N) is 2. The van der Waals surface area contributed by atoms with Gasteiger partial charge >= 0.3 is 11.9 Å². The first kappa shape index (κ1) is 20.8. The second-order valence-electron chi connectivity index (χ2n) is 7.56. The van der Waals surface area contributed by atoms with Gasteiger partial charge in [-0.05, 0) is 30.0 Å². The Morgan fingerprint density at radius 2 is 1.69 bits per heavy atom. The summed E-state index contributed by atoms with van der Waals surface area (Å²) in [6, 6.07) is 4.10. The average molecular weight is 421 g/mol. The predicted molar refractivity (Wildman–Crippen MR) is 105 cm³/mol. The van der Waals surface area contributed by atoms with Gasteiger partial charge in [-0.3, -0.25) is 0 Å². The molecule has 2 aromatic rings. The van der Waals surface area contributed by atoms with Crippen LogP contribution in [0.25, 0.3) is 0 Å². The number of nitrogens with one attached hydrogen (secondary N) is 1. The van der Waals surface area contributed by atoms with Gasteiger partial charge in [-0.15, -0.1) is 0 Å². The maximum absolute atomic E-state index is 12.9. The van der Waals surface area contributed by atoms with Gasteiger partial charge in [0.1, 0.15) is 11.2 Å². The molecule has 10 heteroatoms. The van der Waals surface area contributed by atoms with Crippen LogP contribution in [0, 0.1) is 11.8 Å². The van der Waals surface area contributed by atoms with Crippen LogP contribution < -0.4 is 5.32 Å². The fraction of sp³-hybridized carbons (Fsp3) is 0.421. The molecule has 1 N–H and O–H groups in total. The molecule has 0 spiro atoms. The van der Waals surface area contributed by atoms with Gasteiger partial charge in [-0.1, -0.05) is 27.7 Å². The maximum atomic E-state index is 12.9. The van der Waals surface area contributed by atoms with Crippen LogP contribution >= 0.6 is 0 Å². The summed E-state index contributed by atoms with van der Waals surface area (Å²) in [4.78, 5) is 28.4. The van der Waals surface area contributed by atoms with Crippen molar-refractivity contribution < 1.29 is 27.5 Å². The van der Waals surface area contributed by atoms with Gasteiger partial charge in [-0.25, -0.2) is 27.0 Å². The normalized spacial score (nSPS) is 14.1. The van der Waals surface area contributed by atoms with Crippen molar-refractivity contribution in [3.8, 4) is 0 Å². The summed E-state index contributed by atoms with van der Waals surface area (Å²) < 4.78 is 37.1.